The highest BCUT2D eigenvalue weighted by Crippen LogP contribution is 2.15. The lowest BCUT2D eigenvalue weighted by Gasteiger charge is -2.10. The molecule has 0 N–H and O–H groups in total. The SMILES string of the molecule is C=CCCCC(Cl)C(C)C=O. The molecule has 0 aliphatic heterocycles. The Hall–Kier alpha value is -0.300. The number of alkyl halides is 1. The fraction of sp³-hybridized carbons (Fsp3) is 0.667. The Bertz CT molecular complexity index is 123. The summed E-state index contributed by atoms with van der Waals surface area (Å²) in [5.74, 6) is -0.0264. The molecule has 0 heterocycles. The number of rotatable bonds is 6. The quantitative estimate of drug-likeness (QED) is 0.262. The van der Waals surface area contributed by atoms with Gasteiger partial charge in [0.25, 0.3) is 0 Å². The van der Waals surface area contributed by atoms with Crippen molar-refractivity contribution in [2.24, 2.45) is 5.92 Å². The van der Waals surface area contributed by atoms with Gasteiger partial charge >= 0.3 is 0 Å². The maximum Gasteiger partial charge on any atom is 0.124 e. The largest absolute Gasteiger partial charge is 0.303 e. The number of halogens is 1. The van der Waals surface area contributed by atoms with Gasteiger partial charge in [-0.25, -0.2) is 0 Å². The molecule has 2 atom stereocenters. The molecule has 0 spiro atoms. The Kier molecular flexibility index (Phi) is 6.24. The fourth-order valence-corrected chi connectivity index (χ4v) is 1.02. The van der Waals surface area contributed by atoms with Crippen LogP contribution < -0.4 is 0 Å². The van der Waals surface area contributed by atoms with Gasteiger partial charge in [0.05, 0.1) is 0 Å². The van der Waals surface area contributed by atoms with Gasteiger partial charge in [-0.3, -0.25) is 0 Å². The molecule has 0 amide bonds. The molecule has 0 aliphatic carbocycles. The van der Waals surface area contributed by atoms with Crippen molar-refractivity contribution in [2.75, 3.05) is 0 Å². The number of hydrogen-bond donors (Lipinski definition) is 0. The van der Waals surface area contributed by atoms with Crippen molar-refractivity contribution < 1.29 is 4.79 Å². The van der Waals surface area contributed by atoms with Crippen LogP contribution in [0, 0.1) is 5.92 Å². The van der Waals surface area contributed by atoms with Crippen molar-refractivity contribution in [3.05, 3.63) is 12.7 Å². The van der Waals surface area contributed by atoms with Crippen LogP contribution in [0.25, 0.3) is 0 Å². The summed E-state index contributed by atoms with van der Waals surface area (Å²) >= 11 is 5.90. The number of allylic oxidation sites excluding steroid dienone is 1. The molecule has 2 heteroatoms. The second kappa shape index (κ2) is 6.41. The first kappa shape index (κ1) is 10.7. The van der Waals surface area contributed by atoms with Gasteiger partial charge in [0.15, 0.2) is 0 Å². The molecule has 0 aliphatic rings. The van der Waals surface area contributed by atoms with Gasteiger partial charge in [-0.15, -0.1) is 18.2 Å². The predicted molar refractivity (Wildman–Crippen MR) is 48.9 cm³/mol. The maximum absolute atomic E-state index is 10.3. The van der Waals surface area contributed by atoms with Gasteiger partial charge in [0.2, 0.25) is 0 Å². The molecule has 0 rings (SSSR count). The number of hydrogen-bond acceptors (Lipinski definition) is 1. The lowest BCUT2D eigenvalue weighted by molar-refractivity contribution is -0.110. The van der Waals surface area contributed by atoms with E-state index in [1.165, 1.54) is 0 Å². The monoisotopic (exact) mass is 174 g/mol. The second-order valence-electron chi connectivity index (χ2n) is 2.73. The van der Waals surface area contributed by atoms with Crippen LogP contribution in [-0.4, -0.2) is 11.7 Å². The van der Waals surface area contributed by atoms with E-state index in [1.54, 1.807) is 0 Å². The Morgan fingerprint density at radius 2 is 2.27 bits per heavy atom. The minimum absolute atomic E-state index is 0.00699. The molecule has 0 fully saturated rings. The van der Waals surface area contributed by atoms with E-state index in [0.29, 0.717) is 0 Å². The Balaban J connectivity index is 3.42. The predicted octanol–water partition coefficient (Wildman–Crippen LogP) is 2.79. The van der Waals surface area contributed by atoms with Crippen molar-refractivity contribution in [3.8, 4) is 0 Å². The van der Waals surface area contributed by atoms with E-state index >= 15 is 0 Å². The first-order valence-electron chi connectivity index (χ1n) is 3.92. The standard InChI is InChI=1S/C9H15ClO/c1-3-4-5-6-9(10)8(2)7-11/h3,7-9H,1,4-6H2,2H3. The van der Waals surface area contributed by atoms with E-state index in [2.05, 4.69) is 6.58 Å². The third-order valence-electron chi connectivity index (χ3n) is 1.67. The van der Waals surface area contributed by atoms with E-state index < -0.39 is 0 Å². The van der Waals surface area contributed by atoms with Crippen molar-refractivity contribution in [3.63, 3.8) is 0 Å². The normalized spacial score (nSPS) is 15.5. The van der Waals surface area contributed by atoms with Crippen molar-refractivity contribution in [2.45, 2.75) is 31.6 Å². The van der Waals surface area contributed by atoms with Crippen LogP contribution in [0.4, 0.5) is 0 Å². The van der Waals surface area contributed by atoms with Gasteiger partial charge in [-0.05, 0) is 19.3 Å². The molecule has 0 aromatic heterocycles. The number of carbonyl (C=O) groups excluding carboxylic acids is 1. The summed E-state index contributed by atoms with van der Waals surface area (Å²) in [6.45, 7) is 5.46. The molecule has 1 nitrogen and oxygen atoms in total. The molecule has 2 unspecified atom stereocenters. The molecular weight excluding hydrogens is 160 g/mol. The first-order chi connectivity index (χ1) is 5.22. The Morgan fingerprint density at radius 3 is 2.73 bits per heavy atom. The summed E-state index contributed by atoms with van der Waals surface area (Å²) in [4.78, 5) is 10.3. The lowest BCUT2D eigenvalue weighted by Crippen LogP contribution is -2.12. The zero-order valence-electron chi connectivity index (χ0n) is 6.92. The Labute approximate surface area is 73.4 Å². The number of aldehydes is 1. The molecule has 0 saturated carbocycles. The van der Waals surface area contributed by atoms with Gasteiger partial charge in [0, 0.05) is 11.3 Å². The summed E-state index contributed by atoms with van der Waals surface area (Å²) in [7, 11) is 0. The van der Waals surface area contributed by atoms with E-state index in [9.17, 15) is 4.79 Å². The molecule has 0 radical (unpaired) electrons. The van der Waals surface area contributed by atoms with E-state index in [1.807, 2.05) is 13.0 Å². The molecule has 0 bridgehead atoms. The zero-order chi connectivity index (χ0) is 8.69. The van der Waals surface area contributed by atoms with Crippen LogP contribution in [0.5, 0.6) is 0 Å². The zero-order valence-corrected chi connectivity index (χ0v) is 7.68. The summed E-state index contributed by atoms with van der Waals surface area (Å²) in [6, 6.07) is 0. The summed E-state index contributed by atoms with van der Waals surface area (Å²) in [5, 5.41) is -0.00699. The summed E-state index contributed by atoms with van der Waals surface area (Å²) in [6.07, 6.45) is 5.68. The topological polar surface area (TPSA) is 17.1 Å². The molecule has 0 aromatic carbocycles. The minimum Gasteiger partial charge on any atom is -0.303 e. The van der Waals surface area contributed by atoms with Crippen LogP contribution in [0.15, 0.2) is 12.7 Å². The van der Waals surface area contributed by atoms with Gasteiger partial charge in [0.1, 0.15) is 6.29 Å². The highest BCUT2D eigenvalue weighted by atomic mass is 35.5. The fourth-order valence-electron chi connectivity index (χ4n) is 0.805. The minimum atomic E-state index is -0.0264. The van der Waals surface area contributed by atoms with Crippen LogP contribution in [0.1, 0.15) is 26.2 Å². The van der Waals surface area contributed by atoms with Gasteiger partial charge in [-0.1, -0.05) is 13.0 Å². The van der Waals surface area contributed by atoms with Crippen molar-refractivity contribution >= 4 is 17.9 Å². The van der Waals surface area contributed by atoms with Crippen LogP contribution in [0.2, 0.25) is 0 Å². The molecule has 0 aromatic rings. The highest BCUT2D eigenvalue weighted by Gasteiger charge is 2.11. The van der Waals surface area contributed by atoms with Crippen molar-refractivity contribution in [1.29, 1.82) is 0 Å². The number of carbonyl (C=O) groups is 1. The smallest absolute Gasteiger partial charge is 0.124 e. The molecule has 64 valence electrons. The molecule has 11 heavy (non-hydrogen) atoms. The highest BCUT2D eigenvalue weighted by molar-refractivity contribution is 6.21. The lowest BCUT2D eigenvalue weighted by atomic mass is 10.0. The summed E-state index contributed by atoms with van der Waals surface area (Å²) < 4.78 is 0. The molecule has 0 saturated heterocycles. The maximum atomic E-state index is 10.3. The third-order valence-corrected chi connectivity index (χ3v) is 2.29. The first-order valence-corrected chi connectivity index (χ1v) is 4.36. The van der Waals surface area contributed by atoms with Gasteiger partial charge in [-0.2, -0.15) is 0 Å². The number of unbranched alkanes of at least 4 members (excludes halogenated alkanes) is 1. The second-order valence-corrected chi connectivity index (χ2v) is 3.29. The summed E-state index contributed by atoms with van der Waals surface area (Å²) in [5.41, 5.74) is 0. The van der Waals surface area contributed by atoms with Gasteiger partial charge < -0.3 is 4.79 Å². The average Bonchev–Trinajstić information content (AvgIpc) is 2.03. The molecular formula is C9H15ClO. The van der Waals surface area contributed by atoms with Crippen LogP contribution in [0.3, 0.4) is 0 Å². The van der Waals surface area contributed by atoms with Crippen molar-refractivity contribution in [1.82, 2.24) is 0 Å². The van der Waals surface area contributed by atoms with Crippen LogP contribution >= 0.6 is 11.6 Å². The average molecular weight is 175 g/mol. The third kappa shape index (κ3) is 5.02. The van der Waals surface area contributed by atoms with E-state index in [4.69, 9.17) is 11.6 Å². The Morgan fingerprint density at radius 1 is 1.64 bits per heavy atom. The van der Waals surface area contributed by atoms with E-state index in [-0.39, 0.29) is 11.3 Å². The van der Waals surface area contributed by atoms with E-state index in [0.717, 1.165) is 25.5 Å². The van der Waals surface area contributed by atoms with Crippen LogP contribution in [-0.2, 0) is 4.79 Å².